The van der Waals surface area contributed by atoms with Crippen LogP contribution in [0.4, 0.5) is 0 Å². The molecular formula is C15H28O2. The van der Waals surface area contributed by atoms with E-state index in [-0.39, 0.29) is 12.2 Å². The number of rotatable bonds is 10. The van der Waals surface area contributed by atoms with Gasteiger partial charge in [0.15, 0.2) is 0 Å². The Hall–Kier alpha value is -0.600. The predicted octanol–water partition coefficient (Wildman–Crippen LogP) is 3.59. The molecule has 2 N–H and O–H groups in total. The van der Waals surface area contributed by atoms with E-state index in [1.807, 2.05) is 24.3 Å². The molecule has 0 aliphatic carbocycles. The van der Waals surface area contributed by atoms with E-state index in [0.29, 0.717) is 0 Å². The van der Waals surface area contributed by atoms with E-state index in [4.69, 9.17) is 0 Å². The van der Waals surface area contributed by atoms with Gasteiger partial charge in [0.05, 0.1) is 12.2 Å². The van der Waals surface area contributed by atoms with Gasteiger partial charge in [-0.15, -0.1) is 0 Å². The van der Waals surface area contributed by atoms with Crippen LogP contribution in [0.3, 0.4) is 0 Å². The van der Waals surface area contributed by atoms with Crippen LogP contribution in [0.5, 0.6) is 0 Å². The van der Waals surface area contributed by atoms with Crippen molar-refractivity contribution >= 4 is 0 Å². The van der Waals surface area contributed by atoms with Gasteiger partial charge in [0.2, 0.25) is 0 Å². The third-order valence-corrected chi connectivity index (χ3v) is 2.72. The quantitative estimate of drug-likeness (QED) is 0.573. The Morgan fingerprint density at radius 2 is 1.71 bits per heavy atom. The van der Waals surface area contributed by atoms with Gasteiger partial charge in [-0.1, -0.05) is 57.4 Å². The molecule has 0 spiro atoms. The molecule has 0 aromatic carbocycles. The lowest BCUT2D eigenvalue weighted by Gasteiger charge is -2.06. The Morgan fingerprint density at radius 3 is 2.35 bits per heavy atom. The Labute approximate surface area is 106 Å². The molecule has 2 unspecified atom stereocenters. The number of unbranched alkanes of at least 4 members (excludes halogenated alkanes) is 1. The van der Waals surface area contributed by atoms with Crippen molar-refractivity contribution in [2.75, 3.05) is 0 Å². The van der Waals surface area contributed by atoms with Gasteiger partial charge in [0, 0.05) is 0 Å². The van der Waals surface area contributed by atoms with Crippen molar-refractivity contribution in [1.82, 2.24) is 0 Å². The fourth-order valence-electron chi connectivity index (χ4n) is 1.63. The minimum absolute atomic E-state index is 0.158. The van der Waals surface area contributed by atoms with E-state index in [9.17, 15) is 10.2 Å². The fraction of sp³-hybridized carbons (Fsp3) is 0.733. The van der Waals surface area contributed by atoms with Crippen LogP contribution >= 0.6 is 0 Å². The minimum Gasteiger partial charge on any atom is -0.393 e. The maximum atomic E-state index is 9.60. The number of allylic oxidation sites excluding steroid dienone is 3. The molecule has 0 fully saturated rings. The molecule has 100 valence electrons. The summed E-state index contributed by atoms with van der Waals surface area (Å²) in [4.78, 5) is 0. The minimum atomic E-state index is -0.320. The lowest BCUT2D eigenvalue weighted by molar-refractivity contribution is 0.153. The molecule has 0 aliphatic heterocycles. The van der Waals surface area contributed by atoms with Crippen LogP contribution < -0.4 is 0 Å². The smallest absolute Gasteiger partial charge is 0.0723 e. The van der Waals surface area contributed by atoms with Crippen molar-refractivity contribution < 1.29 is 10.2 Å². The summed E-state index contributed by atoms with van der Waals surface area (Å²) in [7, 11) is 0. The zero-order chi connectivity index (χ0) is 12.9. The van der Waals surface area contributed by atoms with Crippen molar-refractivity contribution in [3.05, 3.63) is 24.3 Å². The van der Waals surface area contributed by atoms with E-state index in [1.165, 1.54) is 0 Å². The molecular weight excluding hydrogens is 212 g/mol. The Morgan fingerprint density at radius 1 is 0.941 bits per heavy atom. The van der Waals surface area contributed by atoms with Gasteiger partial charge in [-0.3, -0.25) is 0 Å². The summed E-state index contributed by atoms with van der Waals surface area (Å²) in [5, 5.41) is 19.0. The normalized spacial score (nSPS) is 15.8. The summed E-state index contributed by atoms with van der Waals surface area (Å²) in [6.45, 7) is 4.20. The summed E-state index contributed by atoms with van der Waals surface area (Å²) < 4.78 is 0. The lowest BCUT2D eigenvalue weighted by Crippen LogP contribution is -2.04. The summed E-state index contributed by atoms with van der Waals surface area (Å²) >= 11 is 0. The largest absolute Gasteiger partial charge is 0.393 e. The Balaban J connectivity index is 3.53. The average Bonchev–Trinajstić information content (AvgIpc) is 2.31. The number of aliphatic hydroxyl groups is 2. The Bertz CT molecular complexity index is 209. The molecule has 2 heteroatoms. The van der Waals surface area contributed by atoms with Crippen LogP contribution in [0.1, 0.15) is 58.8 Å². The van der Waals surface area contributed by atoms with E-state index in [1.54, 1.807) is 0 Å². The molecule has 0 saturated heterocycles. The highest BCUT2D eigenvalue weighted by Gasteiger charge is 2.00. The monoisotopic (exact) mass is 240 g/mol. The summed E-state index contributed by atoms with van der Waals surface area (Å²) in [6.07, 6.45) is 13.9. The van der Waals surface area contributed by atoms with Gasteiger partial charge in [0.25, 0.3) is 0 Å². The molecule has 0 radical (unpaired) electrons. The molecule has 0 aliphatic rings. The van der Waals surface area contributed by atoms with Crippen molar-refractivity contribution in [1.29, 1.82) is 0 Å². The van der Waals surface area contributed by atoms with Crippen molar-refractivity contribution in [3.63, 3.8) is 0 Å². The zero-order valence-corrected chi connectivity index (χ0v) is 11.3. The SMILES string of the molecule is CCCCC(O)CCC=CC=CC(O)CCC. The number of hydrogen-bond acceptors (Lipinski definition) is 2. The predicted molar refractivity (Wildman–Crippen MR) is 74.0 cm³/mol. The molecule has 0 aromatic rings. The maximum absolute atomic E-state index is 9.60. The third-order valence-electron chi connectivity index (χ3n) is 2.72. The van der Waals surface area contributed by atoms with Crippen molar-refractivity contribution in [2.45, 2.75) is 71.0 Å². The van der Waals surface area contributed by atoms with Crippen LogP contribution in [0.15, 0.2) is 24.3 Å². The number of hydrogen-bond donors (Lipinski definition) is 2. The van der Waals surface area contributed by atoms with Crippen LogP contribution in [-0.2, 0) is 0 Å². The highest BCUT2D eigenvalue weighted by Crippen LogP contribution is 2.07. The van der Waals surface area contributed by atoms with Gasteiger partial charge in [0.1, 0.15) is 0 Å². The summed E-state index contributed by atoms with van der Waals surface area (Å²) in [5.74, 6) is 0. The zero-order valence-electron chi connectivity index (χ0n) is 11.3. The summed E-state index contributed by atoms with van der Waals surface area (Å²) in [5.41, 5.74) is 0. The highest BCUT2D eigenvalue weighted by atomic mass is 16.3. The Kier molecular flexibility index (Phi) is 11.5. The maximum Gasteiger partial charge on any atom is 0.0723 e. The molecule has 0 bridgehead atoms. The van der Waals surface area contributed by atoms with Crippen molar-refractivity contribution in [2.24, 2.45) is 0 Å². The fourth-order valence-corrected chi connectivity index (χ4v) is 1.63. The molecule has 2 nitrogen and oxygen atoms in total. The molecule has 17 heavy (non-hydrogen) atoms. The van der Waals surface area contributed by atoms with Crippen LogP contribution in [0, 0.1) is 0 Å². The molecule has 0 aromatic heterocycles. The molecule has 0 heterocycles. The van der Waals surface area contributed by atoms with Gasteiger partial charge in [-0.05, 0) is 25.7 Å². The first kappa shape index (κ1) is 16.4. The van der Waals surface area contributed by atoms with Gasteiger partial charge >= 0.3 is 0 Å². The lowest BCUT2D eigenvalue weighted by atomic mass is 10.1. The van der Waals surface area contributed by atoms with Gasteiger partial charge in [-0.25, -0.2) is 0 Å². The standard InChI is InChI=1S/C15H28O2/c1-3-5-11-15(17)13-9-7-6-8-12-14(16)10-4-2/h6-8,12,14-17H,3-5,9-11,13H2,1-2H3. The van der Waals surface area contributed by atoms with E-state index in [2.05, 4.69) is 13.8 Å². The molecule has 0 rings (SSSR count). The van der Waals surface area contributed by atoms with E-state index in [0.717, 1.165) is 44.9 Å². The van der Waals surface area contributed by atoms with E-state index >= 15 is 0 Å². The molecule has 0 amide bonds. The molecule has 0 saturated carbocycles. The van der Waals surface area contributed by atoms with Crippen LogP contribution in [0.2, 0.25) is 0 Å². The second-order valence-electron chi connectivity index (χ2n) is 4.54. The summed E-state index contributed by atoms with van der Waals surface area (Å²) in [6, 6.07) is 0. The third kappa shape index (κ3) is 11.7. The highest BCUT2D eigenvalue weighted by molar-refractivity contribution is 5.04. The van der Waals surface area contributed by atoms with Crippen LogP contribution in [0.25, 0.3) is 0 Å². The van der Waals surface area contributed by atoms with Crippen LogP contribution in [-0.4, -0.2) is 22.4 Å². The molecule has 2 atom stereocenters. The second-order valence-corrected chi connectivity index (χ2v) is 4.54. The van der Waals surface area contributed by atoms with Gasteiger partial charge < -0.3 is 10.2 Å². The van der Waals surface area contributed by atoms with Gasteiger partial charge in [-0.2, -0.15) is 0 Å². The first-order valence-electron chi connectivity index (χ1n) is 6.90. The first-order valence-corrected chi connectivity index (χ1v) is 6.90. The van der Waals surface area contributed by atoms with E-state index < -0.39 is 0 Å². The average molecular weight is 240 g/mol. The second kappa shape index (κ2) is 11.9. The first-order chi connectivity index (χ1) is 8.20. The topological polar surface area (TPSA) is 40.5 Å². The number of aliphatic hydroxyl groups excluding tert-OH is 2. The van der Waals surface area contributed by atoms with Crippen molar-refractivity contribution in [3.8, 4) is 0 Å².